The lowest BCUT2D eigenvalue weighted by Crippen LogP contribution is -2.43. The summed E-state index contributed by atoms with van der Waals surface area (Å²) in [6.07, 6.45) is 1.50. The molecule has 2 aliphatic rings. The average Bonchev–Trinajstić information content (AvgIpc) is 2.85. The van der Waals surface area contributed by atoms with Crippen molar-refractivity contribution in [1.29, 1.82) is 0 Å². The van der Waals surface area contributed by atoms with Crippen LogP contribution in [0.1, 0.15) is 62.0 Å². The fraction of sp³-hybridized carbons (Fsp3) is 0.464. The van der Waals surface area contributed by atoms with E-state index in [0.717, 1.165) is 29.7 Å². The molecule has 0 spiro atoms. The number of carbonyl (C=O) groups excluding carboxylic acids is 3. The summed E-state index contributed by atoms with van der Waals surface area (Å²) in [4.78, 5) is 41.7. The van der Waals surface area contributed by atoms with Crippen molar-refractivity contribution in [2.24, 2.45) is 5.92 Å². The van der Waals surface area contributed by atoms with E-state index in [2.05, 4.69) is 20.8 Å². The lowest BCUT2D eigenvalue weighted by molar-refractivity contribution is -0.149. The number of esters is 1. The molecule has 186 valence electrons. The number of ether oxygens (including phenoxy) is 2. The number of amides is 2. The van der Waals surface area contributed by atoms with Crippen LogP contribution in [0.3, 0.4) is 0 Å². The van der Waals surface area contributed by atoms with Crippen LogP contribution in [-0.4, -0.2) is 49.0 Å². The highest BCUT2D eigenvalue weighted by Crippen LogP contribution is 2.37. The Kier molecular flexibility index (Phi) is 7.15. The molecule has 2 amide bonds. The first kappa shape index (κ1) is 24.8. The molecule has 1 fully saturated rings. The molecule has 2 aromatic rings. The summed E-state index contributed by atoms with van der Waals surface area (Å²) < 4.78 is 10.8. The maximum Gasteiger partial charge on any atom is 0.310 e. The molecule has 7 nitrogen and oxygen atoms in total. The second-order valence-corrected chi connectivity index (χ2v) is 10.2. The predicted molar refractivity (Wildman–Crippen MR) is 134 cm³/mol. The van der Waals surface area contributed by atoms with Gasteiger partial charge in [0.25, 0.3) is 11.8 Å². The summed E-state index contributed by atoms with van der Waals surface area (Å²) in [5.74, 6) is -0.0606. The molecule has 0 aliphatic carbocycles. The van der Waals surface area contributed by atoms with Gasteiger partial charge >= 0.3 is 5.97 Å². The summed E-state index contributed by atoms with van der Waals surface area (Å²) in [5.41, 5.74) is 3.21. The molecule has 2 aromatic carbocycles. The molecule has 0 unspecified atom stereocenters. The van der Waals surface area contributed by atoms with Gasteiger partial charge in [-0.25, -0.2) is 0 Å². The van der Waals surface area contributed by atoms with Crippen molar-refractivity contribution in [2.75, 3.05) is 31.2 Å². The van der Waals surface area contributed by atoms with Gasteiger partial charge < -0.3 is 19.3 Å². The lowest BCUT2D eigenvalue weighted by Gasteiger charge is -2.32. The highest BCUT2D eigenvalue weighted by molar-refractivity contribution is 5.98. The highest BCUT2D eigenvalue weighted by atomic mass is 16.5. The second-order valence-electron chi connectivity index (χ2n) is 10.2. The zero-order valence-electron chi connectivity index (χ0n) is 21.0. The number of carbonyl (C=O) groups is 3. The fourth-order valence-electron chi connectivity index (χ4n) is 4.62. The Bertz CT molecular complexity index is 1120. The van der Waals surface area contributed by atoms with Crippen LogP contribution < -0.4 is 9.64 Å². The van der Waals surface area contributed by atoms with Crippen LogP contribution in [0, 0.1) is 5.92 Å². The number of hydrogen-bond acceptors (Lipinski definition) is 5. The largest absolute Gasteiger partial charge is 0.482 e. The zero-order valence-corrected chi connectivity index (χ0v) is 21.0. The van der Waals surface area contributed by atoms with E-state index in [9.17, 15) is 14.4 Å². The number of rotatable bonds is 5. The summed E-state index contributed by atoms with van der Waals surface area (Å²) in [5, 5.41) is 0. The first-order valence-corrected chi connectivity index (χ1v) is 12.3. The normalized spacial score (nSPS) is 18.1. The summed E-state index contributed by atoms with van der Waals surface area (Å²) >= 11 is 0. The van der Waals surface area contributed by atoms with Crippen molar-refractivity contribution in [3.05, 3.63) is 59.2 Å². The number of nitrogens with zero attached hydrogens (tertiary/aromatic N) is 2. The van der Waals surface area contributed by atoms with Crippen molar-refractivity contribution < 1.29 is 23.9 Å². The Morgan fingerprint density at radius 3 is 2.69 bits per heavy atom. The van der Waals surface area contributed by atoms with Crippen LogP contribution in [0.15, 0.2) is 42.5 Å². The standard InChI is InChI=1S/C28H34N2O5/c1-5-34-27(33)21-10-7-13-29(17-21)26(32)20-9-6-8-19(14-20)16-30-23-15-22(28(2,3)4)11-12-24(23)35-18-25(30)31/h6,8-9,11-12,14-15,21H,5,7,10,13,16-18H2,1-4H3/t21-/m1/s1. The van der Waals surface area contributed by atoms with Crippen LogP contribution in [0.4, 0.5) is 5.69 Å². The van der Waals surface area contributed by atoms with E-state index in [1.807, 2.05) is 36.4 Å². The molecule has 1 saturated heterocycles. The monoisotopic (exact) mass is 478 g/mol. The van der Waals surface area contributed by atoms with Gasteiger partial charge in [0.15, 0.2) is 6.61 Å². The van der Waals surface area contributed by atoms with Gasteiger partial charge in [-0.2, -0.15) is 0 Å². The molecule has 0 radical (unpaired) electrons. The minimum atomic E-state index is -0.282. The SMILES string of the molecule is CCOC(=O)[C@@H]1CCCN(C(=O)c2cccc(CN3C(=O)COc4ccc(C(C)(C)C)cc43)c2)C1. The first-order chi connectivity index (χ1) is 16.7. The molecule has 7 heteroatoms. The van der Waals surface area contributed by atoms with Crippen molar-refractivity contribution in [3.8, 4) is 5.75 Å². The van der Waals surface area contributed by atoms with Gasteiger partial charge in [-0.15, -0.1) is 0 Å². The average molecular weight is 479 g/mol. The van der Waals surface area contributed by atoms with Crippen molar-refractivity contribution in [2.45, 2.75) is 52.5 Å². The third-order valence-corrected chi connectivity index (χ3v) is 6.61. The molecule has 1 atom stereocenters. The van der Waals surface area contributed by atoms with Crippen LogP contribution in [0.25, 0.3) is 0 Å². The Labute approximate surface area is 207 Å². The van der Waals surface area contributed by atoms with Crippen molar-refractivity contribution in [3.63, 3.8) is 0 Å². The van der Waals surface area contributed by atoms with Gasteiger partial charge in [0, 0.05) is 18.7 Å². The van der Waals surface area contributed by atoms with E-state index < -0.39 is 0 Å². The maximum atomic E-state index is 13.3. The predicted octanol–water partition coefficient (Wildman–Crippen LogP) is 4.33. The molecule has 2 aliphatic heterocycles. The minimum Gasteiger partial charge on any atom is -0.482 e. The third-order valence-electron chi connectivity index (χ3n) is 6.61. The van der Waals surface area contributed by atoms with Crippen LogP contribution in [-0.2, 0) is 26.3 Å². The van der Waals surface area contributed by atoms with Gasteiger partial charge in [0.05, 0.1) is 24.8 Å². The summed E-state index contributed by atoms with van der Waals surface area (Å²) in [6.45, 7) is 9.84. The highest BCUT2D eigenvalue weighted by Gasteiger charge is 2.31. The Morgan fingerprint density at radius 1 is 1.14 bits per heavy atom. The lowest BCUT2D eigenvalue weighted by atomic mass is 9.86. The van der Waals surface area contributed by atoms with Gasteiger partial charge in [-0.1, -0.05) is 39.0 Å². The van der Waals surface area contributed by atoms with Crippen LogP contribution in [0.2, 0.25) is 0 Å². The second kappa shape index (κ2) is 10.1. The van der Waals surface area contributed by atoms with E-state index >= 15 is 0 Å². The molecular weight excluding hydrogens is 444 g/mol. The molecule has 2 heterocycles. The van der Waals surface area contributed by atoms with E-state index in [0.29, 0.717) is 37.6 Å². The van der Waals surface area contributed by atoms with Crippen LogP contribution >= 0.6 is 0 Å². The van der Waals surface area contributed by atoms with Gasteiger partial charge in [0.1, 0.15) is 5.75 Å². The first-order valence-electron chi connectivity index (χ1n) is 12.3. The maximum absolute atomic E-state index is 13.3. The van der Waals surface area contributed by atoms with E-state index in [1.165, 1.54) is 0 Å². The van der Waals surface area contributed by atoms with E-state index in [-0.39, 0.29) is 35.7 Å². The van der Waals surface area contributed by atoms with Crippen LogP contribution in [0.5, 0.6) is 5.75 Å². The number of fused-ring (bicyclic) bond motifs is 1. The Balaban J connectivity index is 1.54. The van der Waals surface area contributed by atoms with Crippen molar-refractivity contribution >= 4 is 23.5 Å². The molecule has 0 saturated carbocycles. The fourth-order valence-corrected chi connectivity index (χ4v) is 4.62. The third kappa shape index (κ3) is 5.50. The molecule has 4 rings (SSSR count). The molecule has 0 aromatic heterocycles. The van der Waals surface area contributed by atoms with Gasteiger partial charge in [-0.05, 0) is 60.6 Å². The van der Waals surface area contributed by atoms with Crippen molar-refractivity contribution in [1.82, 2.24) is 4.90 Å². The molecule has 0 bridgehead atoms. The summed E-state index contributed by atoms with van der Waals surface area (Å²) in [6, 6.07) is 13.4. The molecule has 35 heavy (non-hydrogen) atoms. The number of benzene rings is 2. The Morgan fingerprint density at radius 2 is 1.94 bits per heavy atom. The quantitative estimate of drug-likeness (QED) is 0.598. The molecular formula is C28H34N2O5. The number of likely N-dealkylation sites (tertiary alicyclic amines) is 1. The zero-order chi connectivity index (χ0) is 25.2. The minimum absolute atomic E-state index is 0.0104. The molecule has 0 N–H and O–H groups in total. The summed E-state index contributed by atoms with van der Waals surface area (Å²) in [7, 11) is 0. The van der Waals surface area contributed by atoms with E-state index in [4.69, 9.17) is 9.47 Å². The smallest absolute Gasteiger partial charge is 0.310 e. The number of hydrogen-bond donors (Lipinski definition) is 0. The topological polar surface area (TPSA) is 76.2 Å². The number of anilines is 1. The van der Waals surface area contributed by atoms with Gasteiger partial charge in [0.2, 0.25) is 0 Å². The van der Waals surface area contributed by atoms with Gasteiger partial charge in [-0.3, -0.25) is 14.4 Å². The Hall–Kier alpha value is -3.35. The van der Waals surface area contributed by atoms with E-state index in [1.54, 1.807) is 22.8 Å². The number of piperidine rings is 1.